The Morgan fingerprint density at radius 3 is 2.55 bits per heavy atom. The molecule has 0 aliphatic heterocycles. The first-order chi connectivity index (χ1) is 9.19. The average molecular weight is 342 g/mol. The summed E-state index contributed by atoms with van der Waals surface area (Å²) in [7, 11) is 2.12. The Bertz CT molecular complexity index is 424. The normalized spacial score (nSPS) is 12.0. The maximum atomic E-state index is 4.60. The van der Waals surface area contributed by atoms with Crippen LogP contribution >= 0.6 is 15.9 Å². The van der Waals surface area contributed by atoms with Gasteiger partial charge in [0, 0.05) is 41.9 Å². The molecule has 1 N–H and O–H groups in total. The van der Waals surface area contributed by atoms with E-state index in [4.69, 9.17) is 0 Å². The molecule has 0 unspecified atom stereocenters. The number of rotatable bonds is 6. The minimum absolute atomic E-state index is 0.107. The van der Waals surface area contributed by atoms with Crippen molar-refractivity contribution in [3.8, 4) is 0 Å². The van der Waals surface area contributed by atoms with Crippen molar-refractivity contribution in [1.82, 2.24) is 10.3 Å². The van der Waals surface area contributed by atoms with Gasteiger partial charge in [-0.3, -0.25) is 0 Å². The molecule has 4 heteroatoms. The van der Waals surface area contributed by atoms with Gasteiger partial charge in [-0.05, 0) is 55.1 Å². The van der Waals surface area contributed by atoms with Gasteiger partial charge in [-0.1, -0.05) is 13.8 Å². The lowest BCUT2D eigenvalue weighted by Crippen LogP contribution is -2.35. The first kappa shape index (κ1) is 17.4. The van der Waals surface area contributed by atoms with Crippen LogP contribution in [0.25, 0.3) is 0 Å². The van der Waals surface area contributed by atoms with Crippen LogP contribution in [-0.4, -0.2) is 24.1 Å². The van der Waals surface area contributed by atoms with Gasteiger partial charge in [-0.25, -0.2) is 4.98 Å². The van der Waals surface area contributed by atoms with Crippen LogP contribution < -0.4 is 10.2 Å². The summed E-state index contributed by atoms with van der Waals surface area (Å²) >= 11 is 3.52. The number of anilines is 1. The van der Waals surface area contributed by atoms with Crippen LogP contribution in [-0.2, 0) is 6.54 Å². The Balaban J connectivity index is 2.83. The summed E-state index contributed by atoms with van der Waals surface area (Å²) in [6, 6.07) is 2.16. The molecule has 0 aliphatic rings. The predicted molar refractivity (Wildman–Crippen MR) is 91.3 cm³/mol. The molecule has 0 bridgehead atoms. The van der Waals surface area contributed by atoms with E-state index in [0.29, 0.717) is 5.92 Å². The third-order valence-electron chi connectivity index (χ3n) is 3.12. The lowest BCUT2D eigenvalue weighted by molar-refractivity contribution is 0.424. The fourth-order valence-electron chi connectivity index (χ4n) is 1.87. The van der Waals surface area contributed by atoms with E-state index in [1.54, 1.807) is 0 Å². The van der Waals surface area contributed by atoms with Gasteiger partial charge < -0.3 is 10.2 Å². The number of pyridine rings is 1. The molecule has 1 aromatic rings. The van der Waals surface area contributed by atoms with Crippen LogP contribution in [0, 0.1) is 5.92 Å². The highest BCUT2D eigenvalue weighted by atomic mass is 79.9. The van der Waals surface area contributed by atoms with E-state index in [-0.39, 0.29) is 5.54 Å². The zero-order valence-electron chi connectivity index (χ0n) is 13.6. The van der Waals surface area contributed by atoms with Gasteiger partial charge in [0.2, 0.25) is 0 Å². The number of halogens is 1. The van der Waals surface area contributed by atoms with Crippen molar-refractivity contribution < 1.29 is 0 Å². The molecule has 3 nitrogen and oxygen atoms in total. The van der Waals surface area contributed by atoms with Gasteiger partial charge in [0.15, 0.2) is 0 Å². The molecule has 1 aromatic heterocycles. The first-order valence-corrected chi connectivity index (χ1v) is 8.09. The summed E-state index contributed by atoms with van der Waals surface area (Å²) < 4.78 is 1.03. The molecular formula is C16H28BrN3. The maximum Gasteiger partial charge on any atom is 0.132 e. The fourth-order valence-corrected chi connectivity index (χ4v) is 2.24. The molecule has 0 fully saturated rings. The molecule has 0 saturated heterocycles. The number of hydrogen-bond acceptors (Lipinski definition) is 3. The molecular weight excluding hydrogens is 314 g/mol. The third-order valence-corrected chi connectivity index (χ3v) is 3.56. The Hall–Kier alpha value is -0.610. The zero-order chi connectivity index (χ0) is 15.3. The summed E-state index contributed by atoms with van der Waals surface area (Å²) in [5.41, 5.74) is 1.34. The summed E-state index contributed by atoms with van der Waals surface area (Å²) in [5.74, 6) is 1.79. The number of nitrogens with one attached hydrogen (secondary N) is 1. The van der Waals surface area contributed by atoms with Crippen molar-refractivity contribution >= 4 is 21.7 Å². The van der Waals surface area contributed by atoms with Crippen molar-refractivity contribution in [1.29, 1.82) is 0 Å². The summed E-state index contributed by atoms with van der Waals surface area (Å²) in [5, 5.41) is 3.54. The second-order valence-corrected chi connectivity index (χ2v) is 7.76. The Morgan fingerprint density at radius 2 is 2.00 bits per heavy atom. The highest BCUT2D eigenvalue weighted by Crippen LogP contribution is 2.22. The lowest BCUT2D eigenvalue weighted by Gasteiger charge is -2.25. The summed E-state index contributed by atoms with van der Waals surface area (Å²) in [6.45, 7) is 12.9. The van der Waals surface area contributed by atoms with E-state index in [0.717, 1.165) is 23.4 Å². The van der Waals surface area contributed by atoms with Crippen LogP contribution in [0.2, 0.25) is 0 Å². The largest absolute Gasteiger partial charge is 0.359 e. The van der Waals surface area contributed by atoms with Crippen molar-refractivity contribution in [3.05, 3.63) is 22.3 Å². The Kier molecular flexibility index (Phi) is 6.46. The first-order valence-electron chi connectivity index (χ1n) is 7.29. The van der Waals surface area contributed by atoms with E-state index in [1.165, 1.54) is 12.0 Å². The van der Waals surface area contributed by atoms with Crippen LogP contribution in [0.15, 0.2) is 16.7 Å². The molecule has 0 saturated carbocycles. The molecule has 0 atom stereocenters. The lowest BCUT2D eigenvalue weighted by atomic mass is 10.1. The van der Waals surface area contributed by atoms with Gasteiger partial charge in [0.25, 0.3) is 0 Å². The van der Waals surface area contributed by atoms with Gasteiger partial charge in [0.1, 0.15) is 5.82 Å². The summed E-state index contributed by atoms with van der Waals surface area (Å²) in [4.78, 5) is 6.85. The van der Waals surface area contributed by atoms with Gasteiger partial charge >= 0.3 is 0 Å². The number of aromatic nitrogens is 1. The van der Waals surface area contributed by atoms with Crippen molar-refractivity contribution in [2.45, 2.75) is 53.1 Å². The van der Waals surface area contributed by atoms with Crippen LogP contribution in [0.3, 0.4) is 0 Å². The van der Waals surface area contributed by atoms with Crippen molar-refractivity contribution in [3.63, 3.8) is 0 Å². The van der Waals surface area contributed by atoms with Crippen LogP contribution in [0.1, 0.15) is 46.6 Å². The summed E-state index contributed by atoms with van der Waals surface area (Å²) in [6.07, 6.45) is 3.06. The van der Waals surface area contributed by atoms with E-state index in [9.17, 15) is 0 Å². The molecule has 0 amide bonds. The number of hydrogen-bond donors (Lipinski definition) is 1. The minimum atomic E-state index is 0.107. The highest BCUT2D eigenvalue weighted by molar-refractivity contribution is 9.10. The minimum Gasteiger partial charge on any atom is -0.359 e. The number of nitrogens with zero attached hydrogens (tertiary/aromatic N) is 2. The molecule has 1 heterocycles. The molecule has 114 valence electrons. The molecule has 0 radical (unpaired) electrons. The second kappa shape index (κ2) is 7.41. The van der Waals surface area contributed by atoms with Crippen molar-refractivity contribution in [2.24, 2.45) is 5.92 Å². The van der Waals surface area contributed by atoms with Crippen LogP contribution in [0.4, 0.5) is 5.82 Å². The Labute approximate surface area is 132 Å². The van der Waals surface area contributed by atoms with Crippen LogP contribution in [0.5, 0.6) is 0 Å². The van der Waals surface area contributed by atoms with E-state index < -0.39 is 0 Å². The zero-order valence-corrected chi connectivity index (χ0v) is 15.2. The Morgan fingerprint density at radius 1 is 1.35 bits per heavy atom. The van der Waals surface area contributed by atoms with E-state index in [1.807, 2.05) is 6.20 Å². The van der Waals surface area contributed by atoms with Crippen molar-refractivity contribution in [2.75, 3.05) is 18.5 Å². The fraction of sp³-hybridized carbons (Fsp3) is 0.688. The quantitative estimate of drug-likeness (QED) is 0.839. The standard InChI is InChI=1S/C16H28BrN3/c1-12(2)7-8-20(6)15-13(9-14(17)11-18-15)10-19-16(3,4)5/h9,11-12,19H,7-8,10H2,1-6H3. The highest BCUT2D eigenvalue weighted by Gasteiger charge is 2.14. The molecule has 20 heavy (non-hydrogen) atoms. The van der Waals surface area contributed by atoms with Gasteiger partial charge in [-0.2, -0.15) is 0 Å². The molecule has 0 aliphatic carbocycles. The molecule has 0 aromatic carbocycles. The van der Waals surface area contributed by atoms with Gasteiger partial charge in [0.05, 0.1) is 0 Å². The second-order valence-electron chi connectivity index (χ2n) is 6.84. The molecule has 1 rings (SSSR count). The maximum absolute atomic E-state index is 4.60. The average Bonchev–Trinajstić information content (AvgIpc) is 2.32. The SMILES string of the molecule is CC(C)CCN(C)c1ncc(Br)cc1CNC(C)(C)C. The topological polar surface area (TPSA) is 28.2 Å². The van der Waals surface area contributed by atoms with E-state index >= 15 is 0 Å². The predicted octanol–water partition coefficient (Wildman–Crippen LogP) is 4.21. The smallest absolute Gasteiger partial charge is 0.132 e. The third kappa shape index (κ3) is 6.23. The van der Waals surface area contributed by atoms with E-state index in [2.05, 4.69) is 78.9 Å². The monoisotopic (exact) mass is 341 g/mol. The molecule has 0 spiro atoms. The van der Waals surface area contributed by atoms with Gasteiger partial charge in [-0.15, -0.1) is 0 Å².